The minimum absolute atomic E-state index is 0.0836. The van der Waals surface area contributed by atoms with Crippen molar-refractivity contribution in [2.45, 2.75) is 6.18 Å². The molecule has 0 aliphatic carbocycles. The van der Waals surface area contributed by atoms with E-state index in [0.29, 0.717) is 44.0 Å². The van der Waals surface area contributed by atoms with E-state index in [1.807, 2.05) is 4.90 Å². The highest BCUT2D eigenvalue weighted by Gasteiger charge is 2.30. The van der Waals surface area contributed by atoms with Crippen LogP contribution < -0.4 is 4.90 Å². The molecule has 1 aliphatic heterocycles. The van der Waals surface area contributed by atoms with Crippen molar-refractivity contribution in [3.8, 4) is 11.8 Å². The second kappa shape index (κ2) is 8.31. The Kier molecular flexibility index (Phi) is 5.85. The van der Waals surface area contributed by atoms with Crippen LogP contribution in [0.3, 0.4) is 0 Å². The van der Waals surface area contributed by atoms with Gasteiger partial charge in [0.15, 0.2) is 0 Å². The summed E-state index contributed by atoms with van der Waals surface area (Å²) >= 11 is 0. The van der Waals surface area contributed by atoms with Gasteiger partial charge in [0, 0.05) is 37.8 Å². The largest absolute Gasteiger partial charge is 0.416 e. The number of hydrogen-bond donors (Lipinski definition) is 0. The lowest BCUT2D eigenvalue weighted by atomic mass is 10.1. The van der Waals surface area contributed by atoms with Crippen LogP contribution in [0.25, 0.3) is 0 Å². The summed E-state index contributed by atoms with van der Waals surface area (Å²) in [5, 5.41) is 11.2. The molecule has 28 heavy (non-hydrogen) atoms. The maximum Gasteiger partial charge on any atom is 0.416 e. The Morgan fingerprint density at radius 2 is 1.75 bits per heavy atom. The van der Waals surface area contributed by atoms with Gasteiger partial charge in [-0.15, -0.1) is 0 Å². The molecular weight excluding hydrogens is 371 g/mol. The van der Waals surface area contributed by atoms with Gasteiger partial charge in [-0.25, -0.2) is 0 Å². The Morgan fingerprint density at radius 3 is 2.43 bits per heavy atom. The minimum atomic E-state index is -4.38. The predicted octanol–water partition coefficient (Wildman–Crippen LogP) is 3.79. The van der Waals surface area contributed by atoms with Gasteiger partial charge in [-0.1, -0.05) is 30.0 Å². The van der Waals surface area contributed by atoms with Crippen LogP contribution in [0.1, 0.15) is 11.1 Å². The van der Waals surface area contributed by atoms with E-state index in [1.165, 1.54) is 12.1 Å². The van der Waals surface area contributed by atoms with Gasteiger partial charge in [0.25, 0.3) is 5.69 Å². The fourth-order valence-electron chi connectivity index (χ4n) is 3.06. The molecule has 0 amide bonds. The van der Waals surface area contributed by atoms with Crippen LogP contribution in [0.2, 0.25) is 0 Å². The first-order valence-corrected chi connectivity index (χ1v) is 8.71. The van der Waals surface area contributed by atoms with Crippen molar-refractivity contribution in [2.75, 3.05) is 37.6 Å². The molecule has 3 rings (SSSR count). The molecule has 1 fully saturated rings. The van der Waals surface area contributed by atoms with Crippen molar-refractivity contribution < 1.29 is 18.1 Å². The lowest BCUT2D eigenvalue weighted by Crippen LogP contribution is -2.46. The van der Waals surface area contributed by atoms with Crippen LogP contribution in [0, 0.1) is 22.0 Å². The number of nitro benzene ring substituents is 1. The predicted molar refractivity (Wildman–Crippen MR) is 100 cm³/mol. The summed E-state index contributed by atoms with van der Waals surface area (Å²) in [4.78, 5) is 14.8. The molecule has 8 heteroatoms. The van der Waals surface area contributed by atoms with Crippen LogP contribution in [0.5, 0.6) is 0 Å². The number of rotatable bonds is 3. The van der Waals surface area contributed by atoms with Crippen molar-refractivity contribution in [3.05, 3.63) is 69.8 Å². The second-order valence-corrected chi connectivity index (χ2v) is 6.39. The summed E-state index contributed by atoms with van der Waals surface area (Å²) in [6, 6.07) is 11.6. The van der Waals surface area contributed by atoms with E-state index in [1.54, 1.807) is 24.3 Å². The topological polar surface area (TPSA) is 49.6 Å². The molecule has 1 aliphatic rings. The Morgan fingerprint density at radius 1 is 1.04 bits per heavy atom. The Bertz CT molecular complexity index is 911. The molecular formula is C20H18F3N3O2. The number of halogens is 3. The number of nitro groups is 1. The van der Waals surface area contributed by atoms with E-state index in [4.69, 9.17) is 0 Å². The standard InChI is InChI=1S/C20H18F3N3O2/c21-20(22,23)17-7-3-5-16(15-17)6-4-10-24-11-13-25(14-12-24)18-8-1-2-9-19(18)26(27)28/h1-3,5,7-9,15H,10-14H2. The summed E-state index contributed by atoms with van der Waals surface area (Å²) < 4.78 is 38.2. The van der Waals surface area contributed by atoms with Gasteiger partial charge in [0.1, 0.15) is 5.69 Å². The average Bonchev–Trinajstić information content (AvgIpc) is 2.68. The van der Waals surface area contributed by atoms with Gasteiger partial charge in [-0.3, -0.25) is 15.0 Å². The molecule has 0 spiro atoms. The zero-order chi connectivity index (χ0) is 20.1. The molecule has 146 valence electrons. The first kappa shape index (κ1) is 19.7. The summed E-state index contributed by atoms with van der Waals surface area (Å²) in [7, 11) is 0. The van der Waals surface area contributed by atoms with Gasteiger partial charge in [-0.2, -0.15) is 13.2 Å². The van der Waals surface area contributed by atoms with Crippen molar-refractivity contribution in [2.24, 2.45) is 0 Å². The molecule has 0 unspecified atom stereocenters. The van der Waals surface area contributed by atoms with Crippen molar-refractivity contribution in [3.63, 3.8) is 0 Å². The smallest absolute Gasteiger partial charge is 0.363 e. The third-order valence-electron chi connectivity index (χ3n) is 4.52. The molecule has 1 heterocycles. The van der Waals surface area contributed by atoms with Crippen LogP contribution in [-0.4, -0.2) is 42.5 Å². The van der Waals surface area contributed by atoms with Gasteiger partial charge >= 0.3 is 6.18 Å². The molecule has 0 atom stereocenters. The zero-order valence-electron chi connectivity index (χ0n) is 14.9. The third kappa shape index (κ3) is 4.81. The first-order chi connectivity index (χ1) is 13.3. The fraction of sp³-hybridized carbons (Fsp3) is 0.300. The van der Waals surface area contributed by atoms with Crippen LogP contribution in [0.4, 0.5) is 24.5 Å². The third-order valence-corrected chi connectivity index (χ3v) is 4.52. The van der Waals surface area contributed by atoms with Gasteiger partial charge in [0.05, 0.1) is 17.0 Å². The maximum atomic E-state index is 12.7. The van der Waals surface area contributed by atoms with Crippen LogP contribution in [0.15, 0.2) is 48.5 Å². The molecule has 1 saturated heterocycles. The quantitative estimate of drug-likeness (QED) is 0.455. The average molecular weight is 389 g/mol. The van der Waals surface area contributed by atoms with Crippen molar-refractivity contribution >= 4 is 11.4 Å². The molecule has 2 aromatic carbocycles. The summed E-state index contributed by atoms with van der Waals surface area (Å²) in [5.74, 6) is 5.69. The number of alkyl halides is 3. The molecule has 0 saturated carbocycles. The number of nitrogens with zero attached hydrogens (tertiary/aromatic N) is 3. The fourth-order valence-corrected chi connectivity index (χ4v) is 3.06. The van der Waals surface area contributed by atoms with E-state index in [0.717, 1.165) is 12.1 Å². The summed E-state index contributed by atoms with van der Waals surface area (Å²) in [5.41, 5.74) is 0.299. The van der Waals surface area contributed by atoms with E-state index in [2.05, 4.69) is 16.7 Å². The molecule has 2 aromatic rings. The highest BCUT2D eigenvalue weighted by molar-refractivity contribution is 5.63. The SMILES string of the molecule is O=[N+]([O-])c1ccccc1N1CCN(CC#Cc2cccc(C(F)(F)F)c2)CC1. The molecule has 0 aromatic heterocycles. The zero-order valence-corrected chi connectivity index (χ0v) is 14.9. The lowest BCUT2D eigenvalue weighted by molar-refractivity contribution is -0.384. The molecule has 5 nitrogen and oxygen atoms in total. The highest BCUT2D eigenvalue weighted by Crippen LogP contribution is 2.29. The maximum absolute atomic E-state index is 12.7. The number of para-hydroxylation sites is 2. The highest BCUT2D eigenvalue weighted by atomic mass is 19.4. The monoisotopic (exact) mass is 389 g/mol. The first-order valence-electron chi connectivity index (χ1n) is 8.71. The number of piperazine rings is 1. The molecule has 0 radical (unpaired) electrons. The molecule has 0 N–H and O–H groups in total. The Balaban J connectivity index is 1.58. The van der Waals surface area contributed by atoms with E-state index in [9.17, 15) is 23.3 Å². The van der Waals surface area contributed by atoms with Crippen molar-refractivity contribution in [1.82, 2.24) is 4.90 Å². The lowest BCUT2D eigenvalue weighted by Gasteiger charge is -2.34. The summed E-state index contributed by atoms with van der Waals surface area (Å²) in [6.07, 6.45) is -4.38. The van der Waals surface area contributed by atoms with E-state index < -0.39 is 11.7 Å². The number of hydrogen-bond acceptors (Lipinski definition) is 4. The van der Waals surface area contributed by atoms with Crippen LogP contribution >= 0.6 is 0 Å². The normalized spacial score (nSPS) is 15.0. The van der Waals surface area contributed by atoms with Gasteiger partial charge in [0.2, 0.25) is 0 Å². The van der Waals surface area contributed by atoms with E-state index in [-0.39, 0.29) is 10.6 Å². The number of benzene rings is 2. The van der Waals surface area contributed by atoms with Gasteiger partial charge < -0.3 is 4.90 Å². The Hall–Kier alpha value is -3.05. The van der Waals surface area contributed by atoms with Gasteiger partial charge in [-0.05, 0) is 24.3 Å². The van der Waals surface area contributed by atoms with Crippen LogP contribution in [-0.2, 0) is 6.18 Å². The summed E-state index contributed by atoms with van der Waals surface area (Å²) in [6.45, 7) is 3.01. The molecule has 0 bridgehead atoms. The minimum Gasteiger partial charge on any atom is -0.363 e. The van der Waals surface area contributed by atoms with E-state index >= 15 is 0 Å². The second-order valence-electron chi connectivity index (χ2n) is 6.39. The Labute approximate surface area is 160 Å². The number of anilines is 1. The van der Waals surface area contributed by atoms with Crippen molar-refractivity contribution in [1.29, 1.82) is 0 Å².